The van der Waals surface area contributed by atoms with Crippen LogP contribution in [0.15, 0.2) is 84.9 Å². The standard InChI is InChI=1S/C27H28N2O/c30-27(26(23-13-5-2-6-14-23)19-22-11-3-1-4-12-22)28-20-24-15-7-8-16-25(24)21-29-17-9-10-18-29/h1-8,11-16,19H,9-10,17-18,20-21H2,(H,28,30)/b26-19+. The van der Waals surface area contributed by atoms with Gasteiger partial charge in [-0.15, -0.1) is 0 Å². The average Bonchev–Trinajstić information content (AvgIpc) is 3.31. The van der Waals surface area contributed by atoms with Crippen LogP contribution in [0, 0.1) is 0 Å². The van der Waals surface area contributed by atoms with Crippen molar-refractivity contribution in [2.24, 2.45) is 0 Å². The maximum atomic E-state index is 13.2. The topological polar surface area (TPSA) is 32.3 Å². The molecule has 0 saturated carbocycles. The molecule has 3 heteroatoms. The van der Waals surface area contributed by atoms with E-state index in [1.54, 1.807) is 0 Å². The number of benzene rings is 3. The first-order chi connectivity index (χ1) is 14.8. The Bertz CT molecular complexity index is 990. The molecule has 1 aliphatic rings. The molecule has 3 nitrogen and oxygen atoms in total. The van der Waals surface area contributed by atoms with Crippen molar-refractivity contribution >= 4 is 17.6 Å². The van der Waals surface area contributed by atoms with Gasteiger partial charge in [-0.05, 0) is 54.3 Å². The molecule has 0 spiro atoms. The maximum Gasteiger partial charge on any atom is 0.252 e. The van der Waals surface area contributed by atoms with E-state index in [1.807, 2.05) is 72.8 Å². The molecule has 0 atom stereocenters. The number of rotatable bonds is 7. The number of hydrogen-bond donors (Lipinski definition) is 1. The molecule has 1 fully saturated rings. The molecule has 152 valence electrons. The van der Waals surface area contributed by atoms with Crippen LogP contribution in [0.1, 0.15) is 35.1 Å². The van der Waals surface area contributed by atoms with Crippen LogP contribution in [-0.2, 0) is 17.9 Å². The monoisotopic (exact) mass is 396 g/mol. The fraction of sp³-hybridized carbons (Fsp3) is 0.222. The van der Waals surface area contributed by atoms with Gasteiger partial charge in [0.25, 0.3) is 5.91 Å². The highest BCUT2D eigenvalue weighted by Gasteiger charge is 2.15. The van der Waals surface area contributed by atoms with Crippen molar-refractivity contribution in [2.75, 3.05) is 13.1 Å². The van der Waals surface area contributed by atoms with Gasteiger partial charge in [-0.2, -0.15) is 0 Å². The lowest BCUT2D eigenvalue weighted by Crippen LogP contribution is -2.25. The Kier molecular flexibility index (Phi) is 6.73. The number of hydrogen-bond acceptors (Lipinski definition) is 2. The molecule has 1 saturated heterocycles. The lowest BCUT2D eigenvalue weighted by Gasteiger charge is -2.18. The second kappa shape index (κ2) is 10.0. The average molecular weight is 397 g/mol. The third-order valence-electron chi connectivity index (χ3n) is 5.59. The van der Waals surface area contributed by atoms with Crippen LogP contribution in [0.25, 0.3) is 11.6 Å². The van der Waals surface area contributed by atoms with Crippen LogP contribution in [0.3, 0.4) is 0 Å². The number of carbonyl (C=O) groups excluding carboxylic acids is 1. The van der Waals surface area contributed by atoms with E-state index in [0.717, 1.165) is 17.7 Å². The van der Waals surface area contributed by atoms with Crippen molar-refractivity contribution in [3.63, 3.8) is 0 Å². The number of nitrogens with one attached hydrogen (secondary N) is 1. The van der Waals surface area contributed by atoms with Crippen LogP contribution in [0.4, 0.5) is 0 Å². The molecule has 3 aromatic rings. The Hall–Kier alpha value is -3.17. The number of carbonyl (C=O) groups is 1. The zero-order valence-electron chi connectivity index (χ0n) is 17.3. The molecule has 0 aliphatic carbocycles. The van der Waals surface area contributed by atoms with Gasteiger partial charge in [0.15, 0.2) is 0 Å². The van der Waals surface area contributed by atoms with E-state index in [2.05, 4.69) is 28.4 Å². The van der Waals surface area contributed by atoms with Crippen molar-refractivity contribution in [1.82, 2.24) is 10.2 Å². The van der Waals surface area contributed by atoms with Gasteiger partial charge < -0.3 is 5.32 Å². The summed E-state index contributed by atoms with van der Waals surface area (Å²) in [5.41, 5.74) is 5.10. The van der Waals surface area contributed by atoms with Gasteiger partial charge in [0.2, 0.25) is 0 Å². The molecule has 0 radical (unpaired) electrons. The molecule has 0 aromatic heterocycles. The summed E-state index contributed by atoms with van der Waals surface area (Å²) < 4.78 is 0. The molecule has 1 heterocycles. The Balaban J connectivity index is 1.52. The molecular weight excluding hydrogens is 368 g/mol. The fourth-order valence-corrected chi connectivity index (χ4v) is 3.95. The first kappa shape index (κ1) is 20.1. The highest BCUT2D eigenvalue weighted by molar-refractivity contribution is 6.24. The zero-order valence-corrected chi connectivity index (χ0v) is 17.3. The van der Waals surface area contributed by atoms with E-state index in [4.69, 9.17) is 0 Å². The second-order valence-corrected chi connectivity index (χ2v) is 7.77. The minimum atomic E-state index is -0.0546. The molecule has 0 bridgehead atoms. The van der Waals surface area contributed by atoms with E-state index in [9.17, 15) is 4.79 Å². The Morgan fingerprint density at radius 3 is 2.10 bits per heavy atom. The van der Waals surface area contributed by atoms with Crippen molar-refractivity contribution in [1.29, 1.82) is 0 Å². The van der Waals surface area contributed by atoms with Gasteiger partial charge in [-0.3, -0.25) is 9.69 Å². The summed E-state index contributed by atoms with van der Waals surface area (Å²) in [6.45, 7) is 3.82. The lowest BCUT2D eigenvalue weighted by atomic mass is 10.0. The normalized spacial score (nSPS) is 14.6. The van der Waals surface area contributed by atoms with Crippen LogP contribution in [0.2, 0.25) is 0 Å². The van der Waals surface area contributed by atoms with E-state index in [-0.39, 0.29) is 5.91 Å². The quantitative estimate of drug-likeness (QED) is 0.443. The summed E-state index contributed by atoms with van der Waals surface area (Å²) in [7, 11) is 0. The number of amides is 1. The Morgan fingerprint density at radius 2 is 1.40 bits per heavy atom. The van der Waals surface area contributed by atoms with E-state index < -0.39 is 0 Å². The van der Waals surface area contributed by atoms with Crippen molar-refractivity contribution in [3.8, 4) is 0 Å². The van der Waals surface area contributed by atoms with E-state index >= 15 is 0 Å². The van der Waals surface area contributed by atoms with Gasteiger partial charge in [0, 0.05) is 18.7 Å². The minimum Gasteiger partial charge on any atom is -0.348 e. The summed E-state index contributed by atoms with van der Waals surface area (Å²) in [5.74, 6) is -0.0546. The SMILES string of the molecule is O=C(NCc1ccccc1CN1CCCC1)/C(=C/c1ccccc1)c1ccccc1. The summed E-state index contributed by atoms with van der Waals surface area (Å²) in [6.07, 6.45) is 4.52. The van der Waals surface area contributed by atoms with Gasteiger partial charge in [0.05, 0.1) is 0 Å². The molecule has 3 aromatic carbocycles. The van der Waals surface area contributed by atoms with Crippen molar-refractivity contribution in [3.05, 3.63) is 107 Å². The Labute approximate surface area is 179 Å². The molecule has 1 amide bonds. The fourth-order valence-electron chi connectivity index (χ4n) is 3.95. The zero-order chi connectivity index (χ0) is 20.6. The van der Waals surface area contributed by atoms with E-state index in [1.165, 1.54) is 37.1 Å². The second-order valence-electron chi connectivity index (χ2n) is 7.77. The summed E-state index contributed by atoms with van der Waals surface area (Å²) in [5, 5.41) is 3.16. The van der Waals surface area contributed by atoms with Crippen LogP contribution >= 0.6 is 0 Å². The third-order valence-corrected chi connectivity index (χ3v) is 5.59. The Morgan fingerprint density at radius 1 is 0.800 bits per heavy atom. The summed E-state index contributed by atoms with van der Waals surface area (Å²) >= 11 is 0. The van der Waals surface area contributed by atoms with Crippen molar-refractivity contribution in [2.45, 2.75) is 25.9 Å². The number of likely N-dealkylation sites (tertiary alicyclic amines) is 1. The third kappa shape index (κ3) is 5.25. The predicted octanol–water partition coefficient (Wildman–Crippen LogP) is 5.14. The predicted molar refractivity (Wildman–Crippen MR) is 124 cm³/mol. The number of nitrogens with zero attached hydrogens (tertiary/aromatic N) is 1. The molecule has 0 unspecified atom stereocenters. The molecule has 1 N–H and O–H groups in total. The van der Waals surface area contributed by atoms with Crippen LogP contribution in [-0.4, -0.2) is 23.9 Å². The van der Waals surface area contributed by atoms with Gasteiger partial charge in [-0.25, -0.2) is 0 Å². The smallest absolute Gasteiger partial charge is 0.252 e. The van der Waals surface area contributed by atoms with E-state index in [0.29, 0.717) is 12.1 Å². The molecule has 1 aliphatic heterocycles. The molecule has 30 heavy (non-hydrogen) atoms. The highest BCUT2D eigenvalue weighted by atomic mass is 16.1. The largest absolute Gasteiger partial charge is 0.348 e. The molecule has 4 rings (SSSR count). The van der Waals surface area contributed by atoms with Crippen LogP contribution in [0.5, 0.6) is 0 Å². The minimum absolute atomic E-state index is 0.0546. The first-order valence-corrected chi connectivity index (χ1v) is 10.7. The van der Waals surface area contributed by atoms with Gasteiger partial charge in [0.1, 0.15) is 0 Å². The summed E-state index contributed by atoms with van der Waals surface area (Å²) in [6, 6.07) is 28.3. The first-order valence-electron chi connectivity index (χ1n) is 10.7. The highest BCUT2D eigenvalue weighted by Crippen LogP contribution is 2.20. The molecular formula is C27H28N2O. The van der Waals surface area contributed by atoms with Gasteiger partial charge in [-0.1, -0.05) is 84.9 Å². The lowest BCUT2D eigenvalue weighted by molar-refractivity contribution is -0.115. The maximum absolute atomic E-state index is 13.2. The van der Waals surface area contributed by atoms with Crippen molar-refractivity contribution < 1.29 is 4.79 Å². The summed E-state index contributed by atoms with van der Waals surface area (Å²) in [4.78, 5) is 15.7. The van der Waals surface area contributed by atoms with Crippen LogP contribution < -0.4 is 5.32 Å². The van der Waals surface area contributed by atoms with Gasteiger partial charge >= 0.3 is 0 Å².